The van der Waals surface area contributed by atoms with Gasteiger partial charge in [0.15, 0.2) is 0 Å². The maximum absolute atomic E-state index is 3.93. The number of hydrogen-bond acceptors (Lipinski definition) is 1. The van der Waals surface area contributed by atoms with Gasteiger partial charge in [0.05, 0.1) is 0 Å². The molecule has 2 heterocycles. The van der Waals surface area contributed by atoms with E-state index in [0.29, 0.717) is 0 Å². The van der Waals surface area contributed by atoms with Crippen LogP contribution < -0.4 is 0 Å². The van der Waals surface area contributed by atoms with E-state index in [1.54, 1.807) is 0 Å². The molecule has 1 aromatic carbocycles. The monoisotopic (exact) mass is 284 g/mol. The van der Waals surface area contributed by atoms with Crippen molar-refractivity contribution in [1.29, 1.82) is 0 Å². The number of piperidine rings is 1. The highest BCUT2D eigenvalue weighted by Crippen LogP contribution is 2.26. The van der Waals surface area contributed by atoms with E-state index in [1.165, 1.54) is 48.0 Å². The van der Waals surface area contributed by atoms with Crippen molar-refractivity contribution in [1.82, 2.24) is 9.88 Å². The Labute approximate surface area is 128 Å². The Morgan fingerprint density at radius 2 is 2.00 bits per heavy atom. The van der Waals surface area contributed by atoms with Crippen molar-refractivity contribution in [2.75, 3.05) is 13.1 Å². The summed E-state index contributed by atoms with van der Waals surface area (Å²) < 4.78 is 0. The van der Waals surface area contributed by atoms with Crippen molar-refractivity contribution in [2.24, 2.45) is 5.92 Å². The second-order valence-corrected chi connectivity index (χ2v) is 5.75. The molecule has 1 aliphatic rings. The molecule has 0 saturated carbocycles. The second kappa shape index (κ2) is 7.46. The van der Waals surface area contributed by atoms with Crippen molar-refractivity contribution in [2.45, 2.75) is 40.2 Å². The number of rotatable bonds is 3. The topological polar surface area (TPSA) is 19.0 Å². The van der Waals surface area contributed by atoms with Gasteiger partial charge in [-0.2, -0.15) is 0 Å². The smallest absolute Gasteiger partial charge is 0.0463 e. The lowest BCUT2D eigenvalue weighted by Crippen LogP contribution is -2.32. The lowest BCUT2D eigenvalue weighted by molar-refractivity contribution is 0.186. The molecule has 0 spiro atoms. The maximum Gasteiger partial charge on any atom is 0.0463 e. The van der Waals surface area contributed by atoms with E-state index in [4.69, 9.17) is 0 Å². The first-order valence-electron chi connectivity index (χ1n) is 8.21. The predicted octanol–water partition coefficient (Wildman–Crippen LogP) is 5.07. The average Bonchev–Trinajstić information content (AvgIpc) is 2.95. The standard InChI is InChI=1S/C17H22N2.C2H6/c1-3-14-5-4-6-16-17(14)15(11-18-16)12-19-9-7-13(2)8-10-19;1-2/h3-6,11,13,18H,1,7-10,12H2,2H3;1-2H3. The van der Waals surface area contributed by atoms with E-state index in [1.807, 2.05) is 19.9 Å². The Kier molecular flexibility index (Phi) is 5.63. The summed E-state index contributed by atoms with van der Waals surface area (Å²) in [6.45, 7) is 13.8. The van der Waals surface area contributed by atoms with Crippen LogP contribution in [0, 0.1) is 5.92 Å². The van der Waals surface area contributed by atoms with Crippen molar-refractivity contribution in [3.05, 3.63) is 42.1 Å². The third-order valence-electron chi connectivity index (χ3n) is 4.31. The minimum Gasteiger partial charge on any atom is -0.361 e. The number of aromatic amines is 1. The van der Waals surface area contributed by atoms with Crippen molar-refractivity contribution < 1.29 is 0 Å². The van der Waals surface area contributed by atoms with Crippen molar-refractivity contribution >= 4 is 17.0 Å². The second-order valence-electron chi connectivity index (χ2n) is 5.75. The summed E-state index contributed by atoms with van der Waals surface area (Å²) in [5.74, 6) is 0.892. The number of H-pyrrole nitrogens is 1. The molecule has 1 N–H and O–H groups in total. The number of hydrogen-bond donors (Lipinski definition) is 1. The first-order valence-corrected chi connectivity index (χ1v) is 8.21. The zero-order valence-electron chi connectivity index (χ0n) is 13.7. The lowest BCUT2D eigenvalue weighted by atomic mass is 9.98. The van der Waals surface area contributed by atoms with Gasteiger partial charge in [0.2, 0.25) is 0 Å². The first kappa shape index (κ1) is 15.8. The Bertz CT molecular complexity index is 574. The average molecular weight is 284 g/mol. The van der Waals surface area contributed by atoms with E-state index in [9.17, 15) is 0 Å². The van der Waals surface area contributed by atoms with Gasteiger partial charge >= 0.3 is 0 Å². The number of aromatic nitrogens is 1. The van der Waals surface area contributed by atoms with Crippen LogP contribution in [0.1, 0.15) is 44.7 Å². The van der Waals surface area contributed by atoms with Crippen LogP contribution in [0.25, 0.3) is 17.0 Å². The number of benzene rings is 1. The van der Waals surface area contributed by atoms with Gasteiger partial charge in [-0.05, 0) is 49.0 Å². The third kappa shape index (κ3) is 3.56. The van der Waals surface area contributed by atoms with Gasteiger partial charge in [0, 0.05) is 23.6 Å². The molecule has 0 unspecified atom stereocenters. The lowest BCUT2D eigenvalue weighted by Gasteiger charge is -2.30. The molecular weight excluding hydrogens is 256 g/mol. The zero-order valence-corrected chi connectivity index (χ0v) is 13.7. The van der Waals surface area contributed by atoms with Crippen LogP contribution in [-0.4, -0.2) is 23.0 Å². The van der Waals surface area contributed by atoms with Crippen LogP contribution >= 0.6 is 0 Å². The summed E-state index contributed by atoms with van der Waals surface area (Å²) in [6.07, 6.45) is 6.78. The van der Waals surface area contributed by atoms with E-state index >= 15 is 0 Å². The summed E-state index contributed by atoms with van der Waals surface area (Å²) >= 11 is 0. The quantitative estimate of drug-likeness (QED) is 0.833. The molecule has 2 nitrogen and oxygen atoms in total. The summed E-state index contributed by atoms with van der Waals surface area (Å²) in [4.78, 5) is 5.96. The van der Waals surface area contributed by atoms with Gasteiger partial charge in [-0.3, -0.25) is 4.90 Å². The Hall–Kier alpha value is -1.54. The SMILES string of the molecule is C=Cc1cccc2[nH]cc(CN3CCC(C)CC3)c12.CC. The largest absolute Gasteiger partial charge is 0.361 e. The highest BCUT2D eigenvalue weighted by Gasteiger charge is 2.17. The normalized spacial score (nSPS) is 16.5. The summed E-state index contributed by atoms with van der Waals surface area (Å²) in [5, 5.41) is 1.34. The molecule has 0 atom stereocenters. The molecular formula is C19H28N2. The minimum absolute atomic E-state index is 0.892. The molecule has 114 valence electrons. The molecule has 2 heteroatoms. The van der Waals surface area contributed by atoms with E-state index in [0.717, 1.165) is 12.5 Å². The van der Waals surface area contributed by atoms with Gasteiger partial charge in [-0.25, -0.2) is 0 Å². The molecule has 21 heavy (non-hydrogen) atoms. The Morgan fingerprint density at radius 3 is 2.67 bits per heavy atom. The zero-order chi connectivity index (χ0) is 15.2. The number of nitrogens with zero attached hydrogens (tertiary/aromatic N) is 1. The Balaban J connectivity index is 0.000000774. The maximum atomic E-state index is 3.93. The molecule has 3 rings (SSSR count). The van der Waals surface area contributed by atoms with E-state index in [2.05, 4.69) is 47.8 Å². The molecule has 2 aromatic rings. The van der Waals surface area contributed by atoms with Crippen LogP contribution in [-0.2, 0) is 6.54 Å². The molecule has 1 aliphatic heterocycles. The van der Waals surface area contributed by atoms with Crippen LogP contribution in [0.5, 0.6) is 0 Å². The van der Waals surface area contributed by atoms with Gasteiger partial charge in [-0.15, -0.1) is 0 Å². The van der Waals surface area contributed by atoms with Crippen LogP contribution in [0.15, 0.2) is 31.0 Å². The number of likely N-dealkylation sites (tertiary alicyclic amines) is 1. The van der Waals surface area contributed by atoms with Crippen molar-refractivity contribution in [3.8, 4) is 0 Å². The van der Waals surface area contributed by atoms with Crippen molar-refractivity contribution in [3.63, 3.8) is 0 Å². The minimum atomic E-state index is 0.892. The fraction of sp³-hybridized carbons (Fsp3) is 0.474. The summed E-state index contributed by atoms with van der Waals surface area (Å²) in [6, 6.07) is 6.37. The molecule has 1 fully saturated rings. The van der Waals surface area contributed by atoms with Crippen LogP contribution in [0.3, 0.4) is 0 Å². The molecule has 1 saturated heterocycles. The fourth-order valence-corrected chi connectivity index (χ4v) is 3.04. The van der Waals surface area contributed by atoms with Gasteiger partial charge in [-0.1, -0.05) is 45.6 Å². The molecule has 0 amide bonds. The number of fused-ring (bicyclic) bond motifs is 1. The fourth-order valence-electron chi connectivity index (χ4n) is 3.04. The summed E-state index contributed by atoms with van der Waals surface area (Å²) in [7, 11) is 0. The molecule has 0 bridgehead atoms. The molecule has 0 radical (unpaired) electrons. The highest BCUT2D eigenvalue weighted by atomic mass is 15.1. The van der Waals surface area contributed by atoms with E-state index < -0.39 is 0 Å². The highest BCUT2D eigenvalue weighted by molar-refractivity contribution is 5.91. The first-order chi connectivity index (χ1) is 10.3. The third-order valence-corrected chi connectivity index (χ3v) is 4.31. The molecule has 1 aromatic heterocycles. The van der Waals surface area contributed by atoms with Gasteiger partial charge in [0.1, 0.15) is 0 Å². The van der Waals surface area contributed by atoms with Gasteiger partial charge < -0.3 is 4.98 Å². The predicted molar refractivity (Wildman–Crippen MR) is 93.4 cm³/mol. The number of nitrogens with one attached hydrogen (secondary N) is 1. The summed E-state index contributed by atoms with van der Waals surface area (Å²) in [5.41, 5.74) is 3.86. The molecule has 0 aliphatic carbocycles. The van der Waals surface area contributed by atoms with Crippen LogP contribution in [0.4, 0.5) is 0 Å². The van der Waals surface area contributed by atoms with E-state index in [-0.39, 0.29) is 0 Å². The Morgan fingerprint density at radius 1 is 1.29 bits per heavy atom. The van der Waals surface area contributed by atoms with Gasteiger partial charge in [0.25, 0.3) is 0 Å². The van der Waals surface area contributed by atoms with Crippen LogP contribution in [0.2, 0.25) is 0 Å².